The monoisotopic (exact) mass is 671 g/mol. The van der Waals surface area contributed by atoms with Gasteiger partial charge in [0, 0.05) is 76.6 Å². The van der Waals surface area contributed by atoms with Crippen molar-refractivity contribution in [2.45, 2.75) is 20.3 Å². The molecule has 3 heterocycles. The van der Waals surface area contributed by atoms with Crippen LogP contribution in [0.5, 0.6) is 5.75 Å². The molecule has 0 radical (unpaired) electrons. The van der Waals surface area contributed by atoms with Crippen LogP contribution in [0.25, 0.3) is 16.7 Å². The van der Waals surface area contributed by atoms with Crippen molar-refractivity contribution >= 4 is 40.4 Å². The summed E-state index contributed by atoms with van der Waals surface area (Å²) in [4.78, 5) is 57.0. The molecule has 0 spiro atoms. The van der Waals surface area contributed by atoms with Crippen LogP contribution in [-0.4, -0.2) is 133 Å². The molecule has 0 atom stereocenters. The number of rotatable bonds is 13. The van der Waals surface area contributed by atoms with Gasteiger partial charge in [-0.05, 0) is 64.3 Å². The Labute approximate surface area is 286 Å². The van der Waals surface area contributed by atoms with Crippen molar-refractivity contribution in [2.24, 2.45) is 0 Å². The topological polar surface area (TPSA) is 129 Å². The van der Waals surface area contributed by atoms with Crippen LogP contribution in [0, 0.1) is 0 Å². The molecule has 0 N–H and O–H groups in total. The standard InChI is InChI=1S/C35H45N9O5/c1-6-48-29-10-8-9-28(23-29)44-33-30(24-38-44)32(36-25-37-33)41-18-20-42(21-19-41)34(46)26-11-13-27(14-12-26)43(22-17-39(3)4)31(45)15-16-40(5)35(47)49-7-2/h8-14,23-25H,6-7,15-22H2,1-5H3. The Morgan fingerprint density at radius 3 is 2.33 bits per heavy atom. The van der Waals surface area contributed by atoms with E-state index in [0.29, 0.717) is 62.8 Å². The van der Waals surface area contributed by atoms with E-state index in [2.05, 4.69) is 20.0 Å². The van der Waals surface area contributed by atoms with Crippen molar-refractivity contribution in [1.82, 2.24) is 34.4 Å². The van der Waals surface area contributed by atoms with Gasteiger partial charge in [0.15, 0.2) is 5.65 Å². The number of carbonyl (C=O) groups excluding carboxylic acids is 3. The first kappa shape index (κ1) is 35.1. The average molecular weight is 672 g/mol. The number of fused-ring (bicyclic) bond motifs is 1. The summed E-state index contributed by atoms with van der Waals surface area (Å²) in [5.74, 6) is 1.36. The molecular weight excluding hydrogens is 626 g/mol. The first-order valence-electron chi connectivity index (χ1n) is 16.6. The van der Waals surface area contributed by atoms with E-state index in [9.17, 15) is 14.4 Å². The molecule has 49 heavy (non-hydrogen) atoms. The highest BCUT2D eigenvalue weighted by molar-refractivity contribution is 5.97. The number of piperazine rings is 1. The number of nitrogens with zero attached hydrogens (tertiary/aromatic N) is 9. The van der Waals surface area contributed by atoms with Gasteiger partial charge in [-0.15, -0.1) is 0 Å². The van der Waals surface area contributed by atoms with E-state index in [1.165, 1.54) is 4.90 Å². The number of hydrogen-bond acceptors (Lipinski definition) is 10. The van der Waals surface area contributed by atoms with Gasteiger partial charge >= 0.3 is 6.09 Å². The Bertz CT molecular complexity index is 1740. The van der Waals surface area contributed by atoms with Crippen molar-refractivity contribution in [3.63, 3.8) is 0 Å². The van der Waals surface area contributed by atoms with Crippen LogP contribution in [0.3, 0.4) is 0 Å². The summed E-state index contributed by atoms with van der Waals surface area (Å²) in [6.07, 6.45) is 3.02. The molecule has 1 aliphatic heterocycles. The van der Waals surface area contributed by atoms with Gasteiger partial charge in [-0.25, -0.2) is 19.4 Å². The average Bonchev–Trinajstić information content (AvgIpc) is 3.55. The third-order valence-electron chi connectivity index (χ3n) is 8.32. The number of hydrogen-bond donors (Lipinski definition) is 0. The lowest BCUT2D eigenvalue weighted by Gasteiger charge is -2.35. The van der Waals surface area contributed by atoms with Crippen LogP contribution < -0.4 is 14.5 Å². The normalized spacial score (nSPS) is 13.1. The van der Waals surface area contributed by atoms with Crippen LogP contribution in [-0.2, 0) is 9.53 Å². The summed E-state index contributed by atoms with van der Waals surface area (Å²) < 4.78 is 12.5. The second-order valence-corrected chi connectivity index (χ2v) is 12.0. The Morgan fingerprint density at radius 1 is 0.878 bits per heavy atom. The molecule has 3 amide bonds. The van der Waals surface area contributed by atoms with E-state index < -0.39 is 6.09 Å². The van der Waals surface area contributed by atoms with Gasteiger partial charge in [0.25, 0.3) is 5.91 Å². The number of amides is 3. The minimum atomic E-state index is -0.458. The van der Waals surface area contributed by atoms with Crippen LogP contribution in [0.15, 0.2) is 61.1 Å². The van der Waals surface area contributed by atoms with Gasteiger partial charge in [0.05, 0.1) is 30.5 Å². The zero-order valence-electron chi connectivity index (χ0n) is 28.9. The third kappa shape index (κ3) is 8.44. The van der Waals surface area contributed by atoms with Gasteiger partial charge in [-0.1, -0.05) is 6.07 Å². The largest absolute Gasteiger partial charge is 0.494 e. The Balaban J connectivity index is 1.23. The lowest BCUT2D eigenvalue weighted by atomic mass is 10.1. The highest BCUT2D eigenvalue weighted by atomic mass is 16.6. The summed E-state index contributed by atoms with van der Waals surface area (Å²) in [5, 5.41) is 5.44. The maximum Gasteiger partial charge on any atom is 0.409 e. The molecule has 0 bridgehead atoms. The van der Waals surface area contributed by atoms with Crippen molar-refractivity contribution in [3.8, 4) is 11.4 Å². The highest BCUT2D eigenvalue weighted by Crippen LogP contribution is 2.27. The molecule has 1 aliphatic rings. The third-order valence-corrected chi connectivity index (χ3v) is 8.32. The number of ether oxygens (including phenoxy) is 2. The molecule has 14 nitrogen and oxygen atoms in total. The Morgan fingerprint density at radius 2 is 1.63 bits per heavy atom. The highest BCUT2D eigenvalue weighted by Gasteiger charge is 2.26. The van der Waals surface area contributed by atoms with E-state index in [-0.39, 0.29) is 31.4 Å². The SMILES string of the molecule is CCOC(=O)N(C)CCC(=O)N(CCN(C)C)c1ccc(C(=O)N2CCN(c3ncnc4c3cnn4-c3cccc(OCC)c3)CC2)cc1. The second kappa shape index (κ2) is 16.2. The van der Waals surface area contributed by atoms with E-state index >= 15 is 0 Å². The number of anilines is 2. The molecule has 1 fully saturated rings. The van der Waals surface area contributed by atoms with Gasteiger partial charge in [-0.2, -0.15) is 5.10 Å². The molecule has 0 saturated carbocycles. The molecule has 5 rings (SSSR count). The predicted octanol–water partition coefficient (Wildman–Crippen LogP) is 3.55. The Hall–Kier alpha value is -5.24. The maximum atomic E-state index is 13.5. The summed E-state index contributed by atoms with van der Waals surface area (Å²) in [6.45, 7) is 8.17. The zero-order valence-corrected chi connectivity index (χ0v) is 28.9. The van der Waals surface area contributed by atoms with Gasteiger partial charge < -0.3 is 34.0 Å². The summed E-state index contributed by atoms with van der Waals surface area (Å²) in [6, 6.07) is 14.9. The lowest BCUT2D eigenvalue weighted by molar-refractivity contribution is -0.118. The van der Waals surface area contributed by atoms with Crippen molar-refractivity contribution in [2.75, 3.05) is 90.0 Å². The predicted molar refractivity (Wildman–Crippen MR) is 188 cm³/mol. The summed E-state index contributed by atoms with van der Waals surface area (Å²) in [7, 11) is 5.51. The van der Waals surface area contributed by atoms with E-state index in [1.807, 2.05) is 67.2 Å². The summed E-state index contributed by atoms with van der Waals surface area (Å²) in [5.41, 5.74) is 2.80. The summed E-state index contributed by atoms with van der Waals surface area (Å²) >= 11 is 0. The second-order valence-electron chi connectivity index (χ2n) is 12.0. The first-order valence-corrected chi connectivity index (χ1v) is 16.6. The molecule has 14 heteroatoms. The molecule has 1 saturated heterocycles. The van der Waals surface area contributed by atoms with Crippen LogP contribution >= 0.6 is 0 Å². The fourth-order valence-corrected chi connectivity index (χ4v) is 5.65. The first-order chi connectivity index (χ1) is 23.7. The minimum Gasteiger partial charge on any atom is -0.494 e. The Kier molecular flexibility index (Phi) is 11.6. The minimum absolute atomic E-state index is 0.0664. The van der Waals surface area contributed by atoms with Gasteiger partial charge in [0.1, 0.15) is 17.9 Å². The van der Waals surface area contributed by atoms with Crippen molar-refractivity contribution in [1.29, 1.82) is 0 Å². The van der Waals surface area contributed by atoms with Crippen LogP contribution in [0.4, 0.5) is 16.3 Å². The van der Waals surface area contributed by atoms with Crippen LogP contribution in [0.2, 0.25) is 0 Å². The molecule has 0 unspecified atom stereocenters. The molecule has 0 aliphatic carbocycles. The quantitative estimate of drug-likeness (QED) is 0.208. The maximum absolute atomic E-state index is 13.5. The number of carbonyl (C=O) groups is 3. The van der Waals surface area contributed by atoms with E-state index in [4.69, 9.17) is 9.47 Å². The van der Waals surface area contributed by atoms with Crippen molar-refractivity contribution < 1.29 is 23.9 Å². The smallest absolute Gasteiger partial charge is 0.409 e. The molecule has 2 aromatic carbocycles. The zero-order chi connectivity index (χ0) is 34.9. The number of aromatic nitrogens is 4. The molecular formula is C35H45N9O5. The van der Waals surface area contributed by atoms with E-state index in [0.717, 1.165) is 22.6 Å². The molecule has 2 aromatic heterocycles. The van der Waals surface area contributed by atoms with Crippen molar-refractivity contribution in [3.05, 3.63) is 66.6 Å². The van der Waals surface area contributed by atoms with Gasteiger partial charge in [0.2, 0.25) is 5.91 Å². The van der Waals surface area contributed by atoms with Gasteiger partial charge in [-0.3, -0.25) is 9.59 Å². The van der Waals surface area contributed by atoms with Crippen LogP contribution in [0.1, 0.15) is 30.6 Å². The molecule has 260 valence electrons. The fraction of sp³-hybridized carbons (Fsp3) is 0.429. The lowest BCUT2D eigenvalue weighted by Crippen LogP contribution is -2.49. The fourth-order valence-electron chi connectivity index (χ4n) is 5.65. The van der Waals surface area contributed by atoms with E-state index in [1.54, 1.807) is 48.2 Å². The number of benzene rings is 2. The molecule has 4 aromatic rings. The number of likely N-dealkylation sites (N-methyl/N-ethyl adjacent to an activating group) is 1.